The maximum atomic E-state index is 13.1. The van der Waals surface area contributed by atoms with Gasteiger partial charge in [-0.3, -0.25) is 0 Å². The summed E-state index contributed by atoms with van der Waals surface area (Å²) in [6.07, 6.45) is 0. The number of benzene rings is 2. The van der Waals surface area contributed by atoms with Crippen molar-refractivity contribution in [3.05, 3.63) is 62.9 Å². The van der Waals surface area contributed by atoms with Crippen LogP contribution in [0.25, 0.3) is 0 Å². The predicted molar refractivity (Wildman–Crippen MR) is 81.3 cm³/mol. The normalized spacial score (nSPS) is 10.5. The summed E-state index contributed by atoms with van der Waals surface area (Å²) in [7, 11) is 0. The molecular formula is C16H14BrFO3. The third-order valence-corrected chi connectivity index (χ3v) is 3.60. The second kappa shape index (κ2) is 6.26. The van der Waals surface area contributed by atoms with E-state index in [0.29, 0.717) is 10.2 Å². The summed E-state index contributed by atoms with van der Waals surface area (Å²) in [5.74, 6) is -1.03. The van der Waals surface area contributed by atoms with Crippen molar-refractivity contribution < 1.29 is 19.0 Å². The van der Waals surface area contributed by atoms with E-state index in [9.17, 15) is 14.3 Å². The Bertz CT molecular complexity index is 698. The van der Waals surface area contributed by atoms with Crippen molar-refractivity contribution in [3.8, 4) is 5.75 Å². The highest BCUT2D eigenvalue weighted by molar-refractivity contribution is 9.10. The van der Waals surface area contributed by atoms with Crippen molar-refractivity contribution >= 4 is 21.9 Å². The molecule has 21 heavy (non-hydrogen) atoms. The molecule has 0 spiro atoms. The Balaban J connectivity index is 2.29. The third-order valence-electron chi connectivity index (χ3n) is 3.15. The minimum atomic E-state index is -1.05. The third kappa shape index (κ3) is 3.61. The SMILES string of the molecule is Cc1cc(F)ccc1COc1c(C)cc(Br)cc1C(=O)O. The fourth-order valence-electron chi connectivity index (χ4n) is 2.05. The van der Waals surface area contributed by atoms with E-state index in [1.807, 2.05) is 0 Å². The van der Waals surface area contributed by atoms with Gasteiger partial charge in [0.15, 0.2) is 0 Å². The number of ether oxygens (including phenoxy) is 1. The minimum absolute atomic E-state index is 0.0987. The van der Waals surface area contributed by atoms with Crippen LogP contribution in [0.2, 0.25) is 0 Å². The largest absolute Gasteiger partial charge is 0.488 e. The molecule has 0 aliphatic heterocycles. The molecule has 0 amide bonds. The van der Waals surface area contributed by atoms with Gasteiger partial charge >= 0.3 is 5.97 Å². The lowest BCUT2D eigenvalue weighted by Crippen LogP contribution is -2.06. The molecule has 0 heterocycles. The van der Waals surface area contributed by atoms with Crippen LogP contribution in [0.1, 0.15) is 27.0 Å². The van der Waals surface area contributed by atoms with E-state index in [2.05, 4.69) is 15.9 Å². The van der Waals surface area contributed by atoms with Gasteiger partial charge in [-0.25, -0.2) is 9.18 Å². The number of rotatable bonds is 4. The molecule has 0 atom stereocenters. The van der Waals surface area contributed by atoms with Gasteiger partial charge < -0.3 is 9.84 Å². The monoisotopic (exact) mass is 352 g/mol. The number of hydrogen-bond acceptors (Lipinski definition) is 2. The summed E-state index contributed by atoms with van der Waals surface area (Å²) >= 11 is 3.27. The van der Waals surface area contributed by atoms with Crippen LogP contribution in [0.3, 0.4) is 0 Å². The minimum Gasteiger partial charge on any atom is -0.488 e. The molecule has 110 valence electrons. The number of hydrogen-bond donors (Lipinski definition) is 1. The van der Waals surface area contributed by atoms with Crippen molar-refractivity contribution in [2.45, 2.75) is 20.5 Å². The van der Waals surface area contributed by atoms with Crippen molar-refractivity contribution in [1.82, 2.24) is 0 Å². The fraction of sp³-hybridized carbons (Fsp3) is 0.188. The second-order valence-corrected chi connectivity index (χ2v) is 5.68. The Morgan fingerprint density at radius 2 is 1.95 bits per heavy atom. The van der Waals surface area contributed by atoms with Gasteiger partial charge in [-0.1, -0.05) is 22.0 Å². The van der Waals surface area contributed by atoms with Crippen LogP contribution in [0.5, 0.6) is 5.75 Å². The quantitative estimate of drug-likeness (QED) is 0.882. The van der Waals surface area contributed by atoms with E-state index in [1.165, 1.54) is 18.2 Å². The summed E-state index contributed by atoms with van der Waals surface area (Å²) in [6.45, 7) is 3.76. The first-order chi connectivity index (χ1) is 9.88. The van der Waals surface area contributed by atoms with E-state index in [-0.39, 0.29) is 18.0 Å². The van der Waals surface area contributed by atoms with Gasteiger partial charge in [0.05, 0.1) is 0 Å². The standard InChI is InChI=1S/C16H14BrFO3/c1-9-6-13(18)4-3-11(9)8-21-15-10(2)5-12(17)7-14(15)16(19)20/h3-7H,8H2,1-2H3,(H,19,20). The Morgan fingerprint density at radius 3 is 2.57 bits per heavy atom. The number of halogens is 2. The lowest BCUT2D eigenvalue weighted by atomic mass is 10.1. The summed E-state index contributed by atoms with van der Waals surface area (Å²) in [4.78, 5) is 11.3. The molecule has 3 nitrogen and oxygen atoms in total. The number of carboxylic acid groups (broad SMARTS) is 1. The first kappa shape index (κ1) is 15.5. The van der Waals surface area contributed by atoms with Crippen LogP contribution in [-0.2, 0) is 6.61 Å². The molecule has 1 N–H and O–H groups in total. The van der Waals surface area contributed by atoms with E-state index in [0.717, 1.165) is 16.7 Å². The number of carbonyl (C=O) groups is 1. The van der Waals surface area contributed by atoms with Crippen LogP contribution in [0.4, 0.5) is 4.39 Å². The Hall–Kier alpha value is -1.88. The molecule has 0 aliphatic carbocycles. The Labute approximate surface area is 130 Å². The van der Waals surface area contributed by atoms with Gasteiger partial charge in [-0.15, -0.1) is 0 Å². The molecule has 2 rings (SSSR count). The molecule has 0 saturated heterocycles. The van der Waals surface area contributed by atoms with Crippen molar-refractivity contribution in [2.24, 2.45) is 0 Å². The zero-order valence-corrected chi connectivity index (χ0v) is 13.2. The van der Waals surface area contributed by atoms with Crippen molar-refractivity contribution in [1.29, 1.82) is 0 Å². The number of carboxylic acids is 1. The topological polar surface area (TPSA) is 46.5 Å². The first-order valence-corrected chi connectivity index (χ1v) is 7.09. The Morgan fingerprint density at radius 1 is 1.24 bits per heavy atom. The zero-order valence-electron chi connectivity index (χ0n) is 11.6. The molecule has 0 radical (unpaired) electrons. The lowest BCUT2D eigenvalue weighted by molar-refractivity contribution is 0.0691. The van der Waals surface area contributed by atoms with Crippen LogP contribution >= 0.6 is 15.9 Å². The first-order valence-electron chi connectivity index (χ1n) is 6.29. The van der Waals surface area contributed by atoms with Gasteiger partial charge in [-0.2, -0.15) is 0 Å². The predicted octanol–water partition coefficient (Wildman–Crippen LogP) is 4.48. The summed E-state index contributed by atoms with van der Waals surface area (Å²) < 4.78 is 19.4. The van der Waals surface area contributed by atoms with Gasteiger partial charge in [0.1, 0.15) is 23.7 Å². The average Bonchev–Trinajstić information content (AvgIpc) is 2.38. The van der Waals surface area contributed by atoms with Crippen molar-refractivity contribution in [2.75, 3.05) is 0 Å². The van der Waals surface area contributed by atoms with E-state index >= 15 is 0 Å². The highest BCUT2D eigenvalue weighted by Crippen LogP contribution is 2.29. The van der Waals surface area contributed by atoms with E-state index in [1.54, 1.807) is 26.0 Å². The van der Waals surface area contributed by atoms with Crippen LogP contribution in [-0.4, -0.2) is 11.1 Å². The molecule has 0 aromatic heterocycles. The molecule has 2 aromatic carbocycles. The zero-order chi connectivity index (χ0) is 15.6. The summed E-state index contributed by atoms with van der Waals surface area (Å²) in [6, 6.07) is 7.71. The van der Waals surface area contributed by atoms with E-state index in [4.69, 9.17) is 4.74 Å². The molecule has 0 aliphatic rings. The fourth-order valence-corrected chi connectivity index (χ4v) is 2.62. The number of aryl methyl sites for hydroxylation is 2. The highest BCUT2D eigenvalue weighted by atomic mass is 79.9. The van der Waals surface area contributed by atoms with Gasteiger partial charge in [-0.05, 0) is 54.8 Å². The van der Waals surface area contributed by atoms with Crippen molar-refractivity contribution in [3.63, 3.8) is 0 Å². The lowest BCUT2D eigenvalue weighted by Gasteiger charge is -2.14. The van der Waals surface area contributed by atoms with Gasteiger partial charge in [0.2, 0.25) is 0 Å². The van der Waals surface area contributed by atoms with Gasteiger partial charge in [0, 0.05) is 4.47 Å². The molecule has 2 aromatic rings. The summed E-state index contributed by atoms with van der Waals surface area (Å²) in [5, 5.41) is 9.25. The molecule has 0 bridgehead atoms. The van der Waals surface area contributed by atoms with Crippen LogP contribution in [0, 0.1) is 19.7 Å². The molecule has 0 fully saturated rings. The molecule has 5 heteroatoms. The van der Waals surface area contributed by atoms with Crippen LogP contribution < -0.4 is 4.74 Å². The molecule has 0 saturated carbocycles. The smallest absolute Gasteiger partial charge is 0.339 e. The number of aromatic carboxylic acids is 1. The van der Waals surface area contributed by atoms with Gasteiger partial charge in [0.25, 0.3) is 0 Å². The summed E-state index contributed by atoms with van der Waals surface area (Å²) in [5.41, 5.74) is 2.40. The maximum Gasteiger partial charge on any atom is 0.339 e. The Kier molecular flexibility index (Phi) is 4.63. The maximum absolute atomic E-state index is 13.1. The highest BCUT2D eigenvalue weighted by Gasteiger charge is 2.15. The molecule has 0 unspecified atom stereocenters. The second-order valence-electron chi connectivity index (χ2n) is 4.76. The average molecular weight is 353 g/mol. The van der Waals surface area contributed by atoms with Crippen LogP contribution in [0.15, 0.2) is 34.8 Å². The molecular weight excluding hydrogens is 339 g/mol. The van der Waals surface area contributed by atoms with E-state index < -0.39 is 5.97 Å².